The summed E-state index contributed by atoms with van der Waals surface area (Å²) in [6, 6.07) is 4.31. The van der Waals surface area contributed by atoms with Gasteiger partial charge in [-0.05, 0) is 49.5 Å². The van der Waals surface area contributed by atoms with Gasteiger partial charge in [0.25, 0.3) is 11.3 Å². The predicted octanol–water partition coefficient (Wildman–Crippen LogP) is 20.8. The highest BCUT2D eigenvalue weighted by molar-refractivity contribution is 6.74. The molecule has 94 heavy (non-hydrogen) atoms. The van der Waals surface area contributed by atoms with Crippen molar-refractivity contribution in [3.8, 4) is 17.2 Å². The number of rotatable bonds is 62. The smallest absolute Gasteiger partial charge is 0.346 e. The van der Waals surface area contributed by atoms with E-state index in [9.17, 15) is 29.4 Å². The molecule has 0 radical (unpaired) electrons. The van der Waals surface area contributed by atoms with Crippen molar-refractivity contribution in [2.24, 2.45) is 0 Å². The summed E-state index contributed by atoms with van der Waals surface area (Å²) in [5, 5.41) is 22.5. The predicted molar refractivity (Wildman–Crippen MR) is 387 cm³/mol. The van der Waals surface area contributed by atoms with Gasteiger partial charge in [-0.2, -0.15) is 0 Å². The Kier molecular flexibility index (Phi) is 47.1. The summed E-state index contributed by atoms with van der Waals surface area (Å²) in [6.45, 7) is 16.1. The van der Waals surface area contributed by atoms with Crippen LogP contribution in [0.3, 0.4) is 0 Å². The van der Waals surface area contributed by atoms with Gasteiger partial charge in [0.05, 0.1) is 32.0 Å². The van der Waals surface area contributed by atoms with E-state index in [-0.39, 0.29) is 5.56 Å². The fourth-order valence-electron chi connectivity index (χ4n) is 12.5. The topological polar surface area (TPSA) is 194 Å². The number of aromatic nitrogens is 2. The van der Waals surface area contributed by atoms with E-state index >= 15 is 0 Å². The number of hydrogen-bond donors (Lipinski definition) is 3. The Morgan fingerprint density at radius 3 is 1.18 bits per heavy atom. The van der Waals surface area contributed by atoms with Crippen LogP contribution in [0.2, 0.25) is 18.1 Å². The SMILES string of the molecule is CCCCCCCCCCCCCCCCCCOc1cc(C(=O)OCC(=O)O[C@@]2(O)[C@@H](CO)O[C@@H](n3ccc(=O)[nH]c3=O)[C@@H]2O[Si](C)(C)C(C)(C)C)cc(OCCCCCCCCCCCCCCCCCC)c1OCCCCCCCCCCCCCCCCCC. The number of nitrogens with zero attached hydrogens (tertiary/aromatic N) is 1. The third-order valence-corrected chi connectivity index (χ3v) is 24.0. The van der Waals surface area contributed by atoms with E-state index in [2.05, 4.69) is 25.8 Å². The molecular weight excluding hydrogens is 1200 g/mol. The molecule has 1 aliphatic rings. The van der Waals surface area contributed by atoms with Gasteiger partial charge < -0.3 is 43.1 Å². The van der Waals surface area contributed by atoms with Crippen molar-refractivity contribution in [1.29, 1.82) is 0 Å². The second kappa shape index (κ2) is 52.4. The van der Waals surface area contributed by atoms with E-state index in [0.717, 1.165) is 68.4 Å². The normalized spacial score (nSPS) is 16.6. The van der Waals surface area contributed by atoms with Gasteiger partial charge in [-0.25, -0.2) is 14.4 Å². The summed E-state index contributed by atoms with van der Waals surface area (Å²) in [5.74, 6) is -3.49. The number of carbonyl (C=O) groups excluding carboxylic acids is 2. The number of aliphatic hydroxyl groups is 2. The van der Waals surface area contributed by atoms with Gasteiger partial charge in [0.1, 0.15) is 0 Å². The monoisotopic (exact) mass is 1340 g/mol. The number of aliphatic hydroxyl groups excluding tert-OH is 1. The lowest BCUT2D eigenvalue weighted by atomic mass is 10.0. The molecule has 1 aromatic carbocycles. The molecule has 1 saturated heterocycles. The van der Waals surface area contributed by atoms with Crippen molar-refractivity contribution in [3.63, 3.8) is 0 Å². The average Bonchev–Trinajstić information content (AvgIpc) is 1.58. The first kappa shape index (κ1) is 84.5. The lowest BCUT2D eigenvalue weighted by Gasteiger charge is -2.42. The summed E-state index contributed by atoms with van der Waals surface area (Å²) in [5.41, 5.74) is -1.43. The highest BCUT2D eigenvalue weighted by Gasteiger charge is 2.62. The zero-order valence-electron chi connectivity index (χ0n) is 61.4. The molecule has 15 nitrogen and oxygen atoms in total. The molecule has 2 aromatic rings. The highest BCUT2D eigenvalue weighted by atomic mass is 28.4. The number of benzene rings is 1. The van der Waals surface area contributed by atoms with Crippen LogP contribution in [0.25, 0.3) is 0 Å². The second-order valence-electron chi connectivity index (χ2n) is 29.1. The molecule has 0 aliphatic carbocycles. The zero-order chi connectivity index (χ0) is 68.4. The Morgan fingerprint density at radius 2 is 0.862 bits per heavy atom. The van der Waals surface area contributed by atoms with Gasteiger partial charge >= 0.3 is 17.6 Å². The largest absolute Gasteiger partial charge is 0.490 e. The average molecular weight is 1340 g/mol. The Bertz CT molecular complexity index is 2280. The van der Waals surface area contributed by atoms with Crippen LogP contribution in [-0.4, -0.2) is 91.0 Å². The van der Waals surface area contributed by atoms with Gasteiger partial charge in [0.2, 0.25) is 5.75 Å². The van der Waals surface area contributed by atoms with Crippen LogP contribution in [0.5, 0.6) is 17.2 Å². The Labute approximate surface area is 572 Å². The number of nitrogens with one attached hydrogen (secondary N) is 1. The van der Waals surface area contributed by atoms with Gasteiger partial charge in [0.15, 0.2) is 44.9 Å². The van der Waals surface area contributed by atoms with Crippen LogP contribution in [0.15, 0.2) is 34.0 Å². The fraction of sp³-hybridized carbons (Fsp3) is 0.846. The molecule has 4 atom stereocenters. The molecule has 3 N–H and O–H groups in total. The molecule has 1 fully saturated rings. The Morgan fingerprint density at radius 1 is 0.532 bits per heavy atom. The second-order valence-corrected chi connectivity index (χ2v) is 33.8. The number of hydrogen-bond acceptors (Lipinski definition) is 13. The van der Waals surface area contributed by atoms with Gasteiger partial charge in [-0.1, -0.05) is 330 Å². The van der Waals surface area contributed by atoms with E-state index in [4.69, 9.17) is 32.8 Å². The van der Waals surface area contributed by atoms with Crippen LogP contribution in [0.1, 0.15) is 366 Å². The maximum atomic E-state index is 14.3. The molecule has 0 spiro atoms. The minimum absolute atomic E-state index is 0.0827. The van der Waals surface area contributed by atoms with Crippen LogP contribution >= 0.6 is 0 Å². The molecule has 0 unspecified atom stereocenters. The van der Waals surface area contributed by atoms with Crippen LogP contribution < -0.4 is 25.5 Å². The first-order chi connectivity index (χ1) is 45.5. The van der Waals surface area contributed by atoms with E-state index in [0.29, 0.717) is 37.1 Å². The van der Waals surface area contributed by atoms with Crippen LogP contribution in [0, 0.1) is 0 Å². The Hall–Kier alpha value is -3.70. The van der Waals surface area contributed by atoms with Gasteiger partial charge in [-0.3, -0.25) is 14.3 Å². The van der Waals surface area contributed by atoms with Gasteiger partial charge in [-0.15, -0.1) is 0 Å². The lowest BCUT2D eigenvalue weighted by Crippen LogP contribution is -2.58. The summed E-state index contributed by atoms with van der Waals surface area (Å²) in [6.07, 6.45) is 57.4. The highest BCUT2D eigenvalue weighted by Crippen LogP contribution is 2.46. The fourth-order valence-corrected chi connectivity index (χ4v) is 13.7. The number of unbranched alkanes of at least 4 members (excludes halogenated alkanes) is 45. The van der Waals surface area contributed by atoms with Gasteiger partial charge in [0, 0.05) is 12.3 Å². The van der Waals surface area contributed by atoms with E-state index < -0.39 is 74.0 Å². The van der Waals surface area contributed by atoms with E-state index in [1.807, 2.05) is 33.9 Å². The minimum Gasteiger partial charge on any atom is -0.490 e. The molecule has 0 saturated carbocycles. The number of H-pyrrole nitrogens is 1. The molecule has 2 heterocycles. The van der Waals surface area contributed by atoms with Crippen molar-refractivity contribution < 1.29 is 52.6 Å². The number of carbonyl (C=O) groups is 2. The molecule has 0 bridgehead atoms. The first-order valence-corrected chi connectivity index (χ1v) is 41.9. The maximum absolute atomic E-state index is 14.3. The molecular formula is C78H140N2O13Si. The van der Waals surface area contributed by atoms with E-state index in [1.54, 1.807) is 12.1 Å². The molecule has 16 heteroatoms. The Balaban J connectivity index is 1.74. The number of esters is 2. The molecule has 1 aliphatic heterocycles. The maximum Gasteiger partial charge on any atom is 0.346 e. The molecule has 0 amide bonds. The summed E-state index contributed by atoms with van der Waals surface area (Å²) in [4.78, 5) is 55.6. The molecule has 544 valence electrons. The first-order valence-electron chi connectivity index (χ1n) is 39.0. The minimum atomic E-state index is -2.86. The third kappa shape index (κ3) is 36.2. The number of ether oxygens (including phenoxy) is 6. The summed E-state index contributed by atoms with van der Waals surface area (Å²) in [7, 11) is -2.86. The lowest BCUT2D eigenvalue weighted by molar-refractivity contribution is -0.254. The quantitative estimate of drug-likeness (QED) is 0.0245. The zero-order valence-corrected chi connectivity index (χ0v) is 62.4. The van der Waals surface area contributed by atoms with Crippen molar-refractivity contribution in [2.75, 3.05) is 33.0 Å². The summed E-state index contributed by atoms with van der Waals surface area (Å²) < 4.78 is 44.9. The van der Waals surface area contributed by atoms with Crippen LogP contribution in [-0.2, 0) is 23.4 Å². The standard InChI is InChI=1S/C78H140N2O13Si/c1-9-12-15-18-21-24-27-30-33-36-39-42-45-48-51-54-59-87-67-62-66(75(84)90-65-71(83)92-78(86)69(64-81)91-74(80-58-57-70(82)79-76(80)85)73(78)93-94(7,8)77(4,5)6)63-68(88-60-55-52-49-46-43-40-37-34-31-28-25-22-19-16-13-10-2)72(67)89-61-56-53-50-47-44-41-38-35-32-29-26-23-20-17-14-11-3/h57-58,62-63,69,73-74,81,86H,9-56,59-61,64-65H2,1-8H3,(H,79,82,85)/t69-,73+,74-,78+/m1/s1. The van der Waals surface area contributed by atoms with Crippen molar-refractivity contribution >= 4 is 20.3 Å². The summed E-state index contributed by atoms with van der Waals surface area (Å²) >= 11 is 0. The molecule has 1 aromatic heterocycles. The van der Waals surface area contributed by atoms with Crippen molar-refractivity contribution in [2.45, 2.75) is 392 Å². The van der Waals surface area contributed by atoms with Crippen molar-refractivity contribution in [3.05, 3.63) is 50.8 Å². The van der Waals surface area contributed by atoms with Crippen LogP contribution in [0.4, 0.5) is 0 Å². The third-order valence-electron chi connectivity index (χ3n) is 19.6. The molecule has 3 rings (SSSR count). The number of aromatic amines is 1. The van der Waals surface area contributed by atoms with E-state index in [1.165, 1.54) is 257 Å². The van der Waals surface area contributed by atoms with Crippen molar-refractivity contribution in [1.82, 2.24) is 9.55 Å².